The summed E-state index contributed by atoms with van der Waals surface area (Å²) in [6.45, 7) is 1.80. The Morgan fingerprint density at radius 2 is 2.53 bits per heavy atom. The van der Waals surface area contributed by atoms with Gasteiger partial charge in [-0.3, -0.25) is 4.79 Å². The second-order valence-corrected chi connectivity index (χ2v) is 4.45. The van der Waals surface area contributed by atoms with E-state index in [2.05, 4.69) is 10.6 Å². The largest absolute Gasteiger partial charge is 0.387 e. The van der Waals surface area contributed by atoms with E-state index in [0.717, 1.165) is 18.7 Å². The molecule has 2 heterocycles. The number of carbonyl (C=O) groups is 1. The summed E-state index contributed by atoms with van der Waals surface area (Å²) in [5.41, 5.74) is 0.868. The first-order valence-corrected chi connectivity index (χ1v) is 5.90. The van der Waals surface area contributed by atoms with Gasteiger partial charge in [0, 0.05) is 19.6 Å². The van der Waals surface area contributed by atoms with E-state index >= 15 is 0 Å². The Morgan fingerprint density at radius 1 is 1.73 bits per heavy atom. The van der Waals surface area contributed by atoms with Crippen LogP contribution in [0.3, 0.4) is 0 Å². The first-order chi connectivity index (χ1) is 7.27. The molecular weight excluding hydrogens is 212 g/mol. The lowest BCUT2D eigenvalue weighted by Gasteiger charge is -2.26. The Bertz CT molecular complexity index is 322. The lowest BCUT2D eigenvalue weighted by atomic mass is 10.0. The highest BCUT2D eigenvalue weighted by Gasteiger charge is 2.24. The second kappa shape index (κ2) is 4.74. The molecule has 0 bridgehead atoms. The van der Waals surface area contributed by atoms with Crippen LogP contribution in [0.2, 0.25) is 0 Å². The molecule has 0 spiro atoms. The summed E-state index contributed by atoms with van der Waals surface area (Å²) in [6.07, 6.45) is -0.590. The lowest BCUT2D eigenvalue weighted by Crippen LogP contribution is -2.51. The Morgan fingerprint density at radius 3 is 3.07 bits per heavy atom. The van der Waals surface area contributed by atoms with Crippen LogP contribution in [0.4, 0.5) is 0 Å². The van der Waals surface area contributed by atoms with Crippen molar-refractivity contribution < 1.29 is 9.90 Å². The standard InChI is InChI=1S/C10H14N2O2S/c13-9(7-1-2-15-6-7)5-12-10(14)8-3-11-4-8/h1-2,6,8-9,11,13H,3-5H2,(H,12,14). The first-order valence-electron chi connectivity index (χ1n) is 4.96. The van der Waals surface area contributed by atoms with Gasteiger partial charge in [0.25, 0.3) is 0 Å². The average Bonchev–Trinajstić information content (AvgIpc) is 2.63. The highest BCUT2D eigenvalue weighted by atomic mass is 32.1. The first kappa shape index (κ1) is 10.6. The molecular formula is C10H14N2O2S. The zero-order valence-electron chi connectivity index (χ0n) is 8.27. The van der Waals surface area contributed by atoms with Crippen LogP contribution in [-0.4, -0.2) is 30.6 Å². The molecule has 1 fully saturated rings. The quantitative estimate of drug-likeness (QED) is 0.683. The number of hydrogen-bond donors (Lipinski definition) is 3. The molecule has 5 heteroatoms. The number of aliphatic hydroxyl groups is 1. The van der Waals surface area contributed by atoms with Crippen LogP contribution in [0.5, 0.6) is 0 Å². The number of amides is 1. The second-order valence-electron chi connectivity index (χ2n) is 3.67. The maximum absolute atomic E-state index is 11.4. The fraction of sp³-hybridized carbons (Fsp3) is 0.500. The topological polar surface area (TPSA) is 61.4 Å². The van der Waals surface area contributed by atoms with Crippen molar-refractivity contribution in [1.29, 1.82) is 0 Å². The molecule has 0 aromatic carbocycles. The number of nitrogens with one attached hydrogen (secondary N) is 2. The summed E-state index contributed by atoms with van der Waals surface area (Å²) in [5.74, 6) is 0.114. The summed E-state index contributed by atoms with van der Waals surface area (Å²) in [5, 5.41) is 19.3. The molecule has 0 saturated carbocycles. The van der Waals surface area contributed by atoms with Gasteiger partial charge in [0.1, 0.15) is 0 Å². The average molecular weight is 226 g/mol. The number of hydrogen-bond acceptors (Lipinski definition) is 4. The molecule has 1 unspecified atom stereocenters. The van der Waals surface area contributed by atoms with Crippen molar-refractivity contribution in [2.45, 2.75) is 6.10 Å². The van der Waals surface area contributed by atoms with Crippen molar-refractivity contribution >= 4 is 17.2 Å². The summed E-state index contributed by atoms with van der Waals surface area (Å²) >= 11 is 1.54. The number of thiophene rings is 1. The lowest BCUT2D eigenvalue weighted by molar-refractivity contribution is -0.126. The third kappa shape index (κ3) is 2.56. The van der Waals surface area contributed by atoms with Gasteiger partial charge < -0.3 is 15.7 Å². The molecule has 1 atom stereocenters. The summed E-state index contributed by atoms with van der Waals surface area (Å²) < 4.78 is 0. The minimum atomic E-state index is -0.590. The maximum Gasteiger partial charge on any atom is 0.225 e. The molecule has 82 valence electrons. The molecule has 1 amide bonds. The van der Waals surface area contributed by atoms with Gasteiger partial charge in [0.15, 0.2) is 0 Å². The van der Waals surface area contributed by atoms with Crippen molar-refractivity contribution in [3.8, 4) is 0 Å². The van der Waals surface area contributed by atoms with Gasteiger partial charge in [-0.2, -0.15) is 11.3 Å². The predicted octanol–water partition coefficient (Wildman–Crippen LogP) is 0.117. The van der Waals surface area contributed by atoms with Crippen molar-refractivity contribution in [1.82, 2.24) is 10.6 Å². The predicted molar refractivity (Wildman–Crippen MR) is 58.6 cm³/mol. The zero-order chi connectivity index (χ0) is 10.7. The number of carbonyl (C=O) groups excluding carboxylic acids is 1. The number of rotatable bonds is 4. The molecule has 3 N–H and O–H groups in total. The van der Waals surface area contributed by atoms with Gasteiger partial charge in [0.2, 0.25) is 5.91 Å². The fourth-order valence-corrected chi connectivity index (χ4v) is 2.11. The van der Waals surface area contributed by atoms with Gasteiger partial charge in [-0.05, 0) is 22.4 Å². The Hall–Kier alpha value is -0.910. The minimum Gasteiger partial charge on any atom is -0.387 e. The molecule has 0 aliphatic carbocycles. The normalized spacial score (nSPS) is 18.2. The molecule has 1 aliphatic heterocycles. The molecule has 1 aliphatic rings. The third-order valence-electron chi connectivity index (χ3n) is 2.55. The molecule has 1 aromatic heterocycles. The van der Waals surface area contributed by atoms with Crippen molar-refractivity contribution in [3.63, 3.8) is 0 Å². The van der Waals surface area contributed by atoms with Crippen LogP contribution in [0.25, 0.3) is 0 Å². The van der Waals surface area contributed by atoms with Crippen molar-refractivity contribution in [2.75, 3.05) is 19.6 Å². The number of aliphatic hydroxyl groups excluding tert-OH is 1. The molecule has 2 rings (SSSR count). The Kier molecular flexibility index (Phi) is 3.35. The van der Waals surface area contributed by atoms with Crippen LogP contribution in [-0.2, 0) is 4.79 Å². The van der Waals surface area contributed by atoms with E-state index < -0.39 is 6.10 Å². The van der Waals surface area contributed by atoms with Crippen LogP contribution in [0, 0.1) is 5.92 Å². The molecule has 0 radical (unpaired) electrons. The third-order valence-corrected chi connectivity index (χ3v) is 3.25. The Balaban J connectivity index is 1.75. The Labute approximate surface area is 92.3 Å². The van der Waals surface area contributed by atoms with E-state index in [9.17, 15) is 9.90 Å². The van der Waals surface area contributed by atoms with Crippen molar-refractivity contribution in [3.05, 3.63) is 22.4 Å². The van der Waals surface area contributed by atoms with Gasteiger partial charge in [0.05, 0.1) is 12.0 Å². The van der Waals surface area contributed by atoms with Gasteiger partial charge in [-0.25, -0.2) is 0 Å². The van der Waals surface area contributed by atoms with Crippen LogP contribution in [0.15, 0.2) is 16.8 Å². The smallest absolute Gasteiger partial charge is 0.225 e. The summed E-state index contributed by atoms with van der Waals surface area (Å²) in [4.78, 5) is 11.4. The van der Waals surface area contributed by atoms with E-state index in [0.29, 0.717) is 6.54 Å². The minimum absolute atomic E-state index is 0.0306. The fourth-order valence-electron chi connectivity index (χ4n) is 1.40. The summed E-state index contributed by atoms with van der Waals surface area (Å²) in [7, 11) is 0. The molecule has 1 saturated heterocycles. The van der Waals surface area contributed by atoms with Crippen LogP contribution >= 0.6 is 11.3 Å². The van der Waals surface area contributed by atoms with E-state index in [1.54, 1.807) is 11.3 Å². The van der Waals surface area contributed by atoms with Gasteiger partial charge >= 0.3 is 0 Å². The highest BCUT2D eigenvalue weighted by molar-refractivity contribution is 7.07. The SMILES string of the molecule is O=C(NCC(O)c1ccsc1)C1CNC1. The molecule has 4 nitrogen and oxygen atoms in total. The monoisotopic (exact) mass is 226 g/mol. The van der Waals surface area contributed by atoms with E-state index in [4.69, 9.17) is 0 Å². The van der Waals surface area contributed by atoms with Gasteiger partial charge in [-0.15, -0.1) is 0 Å². The highest BCUT2D eigenvalue weighted by Crippen LogP contribution is 2.15. The van der Waals surface area contributed by atoms with Crippen molar-refractivity contribution in [2.24, 2.45) is 5.92 Å². The van der Waals surface area contributed by atoms with Crippen LogP contribution in [0.1, 0.15) is 11.7 Å². The van der Waals surface area contributed by atoms with E-state index in [-0.39, 0.29) is 11.8 Å². The maximum atomic E-state index is 11.4. The van der Waals surface area contributed by atoms with Gasteiger partial charge in [-0.1, -0.05) is 0 Å². The zero-order valence-corrected chi connectivity index (χ0v) is 9.09. The molecule has 15 heavy (non-hydrogen) atoms. The van der Waals surface area contributed by atoms with Crippen LogP contribution < -0.4 is 10.6 Å². The summed E-state index contributed by atoms with van der Waals surface area (Å²) in [6, 6.07) is 1.87. The molecule has 1 aromatic rings. The van der Waals surface area contributed by atoms with E-state index in [1.807, 2.05) is 16.8 Å². The van der Waals surface area contributed by atoms with E-state index in [1.165, 1.54) is 0 Å².